The maximum atomic E-state index is 12.8. The number of hydrogen-bond acceptors (Lipinski definition) is 6. The largest absolute Gasteiger partial charge is 0.462 e. The van der Waals surface area contributed by atoms with Crippen LogP contribution in [0.5, 0.6) is 0 Å². The number of ether oxygens (including phenoxy) is 3. The van der Waals surface area contributed by atoms with Crippen LogP contribution < -0.4 is 0 Å². The molecule has 6 nitrogen and oxygen atoms in total. The lowest BCUT2D eigenvalue weighted by Crippen LogP contribution is -2.30. The minimum atomic E-state index is -0.800. The highest BCUT2D eigenvalue weighted by Crippen LogP contribution is 2.17. The summed E-state index contributed by atoms with van der Waals surface area (Å²) >= 11 is 0. The Labute approximate surface area is 421 Å². The van der Waals surface area contributed by atoms with Crippen molar-refractivity contribution in [1.29, 1.82) is 0 Å². The van der Waals surface area contributed by atoms with Crippen LogP contribution in [0, 0.1) is 0 Å². The van der Waals surface area contributed by atoms with Crippen molar-refractivity contribution >= 4 is 17.9 Å². The molecule has 0 saturated heterocycles. The van der Waals surface area contributed by atoms with Crippen LogP contribution in [0.1, 0.15) is 297 Å². The molecule has 68 heavy (non-hydrogen) atoms. The minimum Gasteiger partial charge on any atom is -0.462 e. The Morgan fingerprint density at radius 3 is 0.882 bits per heavy atom. The third-order valence-corrected chi connectivity index (χ3v) is 12.8. The fraction of sp³-hybridized carbons (Fsp3) is 0.790. The minimum absolute atomic E-state index is 0.0930. The molecular formula is C62H110O6. The molecule has 6 heteroatoms. The highest BCUT2D eigenvalue weighted by Gasteiger charge is 2.19. The first kappa shape index (κ1) is 65.1. The Morgan fingerprint density at radius 1 is 0.309 bits per heavy atom. The lowest BCUT2D eigenvalue weighted by molar-refractivity contribution is -0.167. The van der Waals surface area contributed by atoms with Gasteiger partial charge in [0, 0.05) is 19.3 Å². The molecule has 0 bridgehead atoms. The molecule has 1 atom stereocenters. The van der Waals surface area contributed by atoms with E-state index >= 15 is 0 Å². The van der Waals surface area contributed by atoms with E-state index in [0.29, 0.717) is 19.3 Å². The molecule has 0 aliphatic rings. The molecule has 0 fully saturated rings. The van der Waals surface area contributed by atoms with Crippen molar-refractivity contribution in [1.82, 2.24) is 0 Å². The number of rotatable bonds is 53. The number of carbonyl (C=O) groups excluding carboxylic acids is 3. The number of carbonyl (C=O) groups is 3. The molecule has 394 valence electrons. The van der Waals surface area contributed by atoms with Crippen molar-refractivity contribution < 1.29 is 28.6 Å². The van der Waals surface area contributed by atoms with Crippen molar-refractivity contribution in [3.63, 3.8) is 0 Å². The maximum absolute atomic E-state index is 12.8. The monoisotopic (exact) mass is 951 g/mol. The summed E-state index contributed by atoms with van der Waals surface area (Å²) in [5.41, 5.74) is 0. The van der Waals surface area contributed by atoms with Crippen molar-refractivity contribution in [2.24, 2.45) is 0 Å². The van der Waals surface area contributed by atoms with E-state index in [9.17, 15) is 14.4 Å². The van der Waals surface area contributed by atoms with Gasteiger partial charge in [-0.05, 0) is 57.8 Å². The summed E-state index contributed by atoms with van der Waals surface area (Å²) in [4.78, 5) is 38.0. The first-order valence-corrected chi connectivity index (χ1v) is 29.3. The fourth-order valence-electron chi connectivity index (χ4n) is 8.42. The van der Waals surface area contributed by atoms with Crippen molar-refractivity contribution in [3.05, 3.63) is 60.8 Å². The van der Waals surface area contributed by atoms with Gasteiger partial charge in [-0.15, -0.1) is 0 Å². The predicted molar refractivity (Wildman–Crippen MR) is 293 cm³/mol. The topological polar surface area (TPSA) is 78.9 Å². The van der Waals surface area contributed by atoms with Gasteiger partial charge in [0.15, 0.2) is 6.10 Å². The summed E-state index contributed by atoms with van der Waals surface area (Å²) < 4.78 is 16.8. The Hall–Kier alpha value is -2.89. The molecule has 0 spiro atoms. The highest BCUT2D eigenvalue weighted by atomic mass is 16.6. The standard InChI is InChI=1S/C62H110O6/c1-4-7-10-13-16-19-22-24-26-28-29-30-31-32-33-35-36-38-40-43-46-49-52-55-61(64)67-58-59(57-66-60(63)54-51-48-45-42-21-18-15-12-9-6-3)68-62(65)56-53-50-47-44-41-39-37-34-27-25-23-20-17-14-11-8-5-2/h8,11,17,20,25,27,37,39,44,47,59H,4-7,9-10,12-16,18-19,21-24,26,28-36,38,40-43,45-46,48-58H2,1-3H3/b11-8-,20-17-,27-25-,39-37-,47-44-. The molecule has 0 aromatic rings. The second-order valence-electron chi connectivity index (χ2n) is 19.5. The Kier molecular flexibility index (Phi) is 54.3. The van der Waals surface area contributed by atoms with Crippen LogP contribution >= 0.6 is 0 Å². The molecule has 0 rings (SSSR count). The molecule has 0 aromatic heterocycles. The van der Waals surface area contributed by atoms with Crippen LogP contribution in [-0.4, -0.2) is 37.2 Å². The molecule has 0 radical (unpaired) electrons. The second-order valence-corrected chi connectivity index (χ2v) is 19.5. The van der Waals surface area contributed by atoms with Gasteiger partial charge < -0.3 is 14.2 Å². The van der Waals surface area contributed by atoms with Crippen LogP contribution in [0.4, 0.5) is 0 Å². The zero-order chi connectivity index (χ0) is 49.3. The molecule has 1 unspecified atom stereocenters. The lowest BCUT2D eigenvalue weighted by atomic mass is 10.0. The van der Waals surface area contributed by atoms with E-state index < -0.39 is 6.10 Å². The van der Waals surface area contributed by atoms with Gasteiger partial charge in [0.05, 0.1) is 0 Å². The summed E-state index contributed by atoms with van der Waals surface area (Å²) in [6, 6.07) is 0. The summed E-state index contributed by atoms with van der Waals surface area (Å²) in [5, 5.41) is 0. The molecule has 0 heterocycles. The van der Waals surface area contributed by atoms with Gasteiger partial charge in [-0.2, -0.15) is 0 Å². The molecule has 0 aliphatic carbocycles. The molecular weight excluding hydrogens is 841 g/mol. The Morgan fingerprint density at radius 2 is 0.574 bits per heavy atom. The Bertz CT molecular complexity index is 1230. The molecule has 0 aromatic carbocycles. The van der Waals surface area contributed by atoms with Crippen molar-refractivity contribution in [2.45, 2.75) is 303 Å². The van der Waals surface area contributed by atoms with Gasteiger partial charge in [-0.1, -0.05) is 281 Å². The summed E-state index contributed by atoms with van der Waals surface area (Å²) in [6.45, 7) is 6.50. The van der Waals surface area contributed by atoms with Gasteiger partial charge in [0.2, 0.25) is 0 Å². The molecule has 0 saturated carbocycles. The first-order valence-electron chi connectivity index (χ1n) is 29.3. The maximum Gasteiger partial charge on any atom is 0.306 e. The smallest absolute Gasteiger partial charge is 0.306 e. The zero-order valence-electron chi connectivity index (χ0n) is 45.1. The van der Waals surface area contributed by atoms with Gasteiger partial charge in [0.25, 0.3) is 0 Å². The quantitative estimate of drug-likeness (QED) is 0.0262. The van der Waals surface area contributed by atoms with E-state index in [0.717, 1.165) is 77.0 Å². The predicted octanol–water partition coefficient (Wildman–Crippen LogP) is 19.6. The van der Waals surface area contributed by atoms with Gasteiger partial charge in [-0.3, -0.25) is 14.4 Å². The van der Waals surface area contributed by atoms with Gasteiger partial charge in [0.1, 0.15) is 13.2 Å². The van der Waals surface area contributed by atoms with Crippen molar-refractivity contribution in [3.8, 4) is 0 Å². The van der Waals surface area contributed by atoms with Crippen LogP contribution in [0.25, 0.3) is 0 Å². The first-order chi connectivity index (χ1) is 33.5. The molecule has 0 aliphatic heterocycles. The second kappa shape index (κ2) is 56.7. The number of allylic oxidation sites excluding steroid dienone is 10. The van der Waals surface area contributed by atoms with Crippen LogP contribution in [0.15, 0.2) is 60.8 Å². The fourth-order valence-corrected chi connectivity index (χ4v) is 8.42. The van der Waals surface area contributed by atoms with E-state index in [1.807, 2.05) is 0 Å². The van der Waals surface area contributed by atoms with Crippen LogP contribution in [-0.2, 0) is 28.6 Å². The van der Waals surface area contributed by atoms with Gasteiger partial charge in [-0.25, -0.2) is 0 Å². The summed E-state index contributed by atoms with van der Waals surface area (Å²) in [6.07, 6.45) is 70.9. The number of unbranched alkanes of at least 4 members (excludes halogenated alkanes) is 32. The zero-order valence-corrected chi connectivity index (χ0v) is 45.1. The average Bonchev–Trinajstić information content (AvgIpc) is 3.34. The van der Waals surface area contributed by atoms with E-state index in [2.05, 4.69) is 81.5 Å². The van der Waals surface area contributed by atoms with Crippen molar-refractivity contribution in [2.75, 3.05) is 13.2 Å². The lowest BCUT2D eigenvalue weighted by Gasteiger charge is -2.18. The number of hydrogen-bond donors (Lipinski definition) is 0. The van der Waals surface area contributed by atoms with E-state index in [4.69, 9.17) is 14.2 Å². The van der Waals surface area contributed by atoms with Gasteiger partial charge >= 0.3 is 17.9 Å². The molecule has 0 amide bonds. The summed E-state index contributed by atoms with van der Waals surface area (Å²) in [5.74, 6) is -0.941. The SMILES string of the molecule is CC/C=C\C/C=C\C/C=C\C/C=C\C/C=C\CCCC(=O)OC(COC(=O)CCCCCCCCCCCC)COC(=O)CCCCCCCCCCCCCCCCCCCCCCCCC. The van der Waals surface area contributed by atoms with Crippen LogP contribution in [0.3, 0.4) is 0 Å². The van der Waals surface area contributed by atoms with E-state index in [1.54, 1.807) is 0 Å². The highest BCUT2D eigenvalue weighted by molar-refractivity contribution is 5.71. The average molecular weight is 952 g/mol. The normalized spacial score (nSPS) is 12.5. The van der Waals surface area contributed by atoms with E-state index in [-0.39, 0.29) is 37.5 Å². The third-order valence-electron chi connectivity index (χ3n) is 12.8. The van der Waals surface area contributed by atoms with Crippen LogP contribution in [0.2, 0.25) is 0 Å². The number of esters is 3. The van der Waals surface area contributed by atoms with E-state index in [1.165, 1.54) is 173 Å². The molecule has 0 N–H and O–H groups in total. The third kappa shape index (κ3) is 54.1. The Balaban J connectivity index is 4.29. The summed E-state index contributed by atoms with van der Waals surface area (Å²) in [7, 11) is 0.